The van der Waals surface area contributed by atoms with Crippen molar-refractivity contribution in [3.05, 3.63) is 28.8 Å². The molecule has 3 heteroatoms. The second kappa shape index (κ2) is 3.88. The molecule has 0 unspecified atom stereocenters. The summed E-state index contributed by atoms with van der Waals surface area (Å²) in [5, 5.41) is 0.771. The fourth-order valence-electron chi connectivity index (χ4n) is 2.01. The highest BCUT2D eigenvalue weighted by Gasteiger charge is 2.34. The Labute approximate surface area is 101 Å². The van der Waals surface area contributed by atoms with Crippen molar-refractivity contribution in [3.63, 3.8) is 0 Å². The monoisotopic (exact) mass is 243 g/mol. The molecule has 15 heavy (non-hydrogen) atoms. The van der Waals surface area contributed by atoms with E-state index in [0.717, 1.165) is 23.7 Å². The lowest BCUT2D eigenvalue weighted by Crippen LogP contribution is -2.53. The molecule has 0 atom stereocenters. The maximum Gasteiger partial charge on any atom is 0.0488 e. The summed E-state index contributed by atoms with van der Waals surface area (Å²) in [5.74, 6) is 0.477. The van der Waals surface area contributed by atoms with Gasteiger partial charge in [-0.15, -0.1) is 11.6 Å². The van der Waals surface area contributed by atoms with Crippen molar-refractivity contribution in [1.82, 2.24) is 0 Å². The first-order valence-corrected chi connectivity index (χ1v) is 6.02. The molecular weight excluding hydrogens is 229 g/mol. The molecule has 0 spiro atoms. The molecule has 1 heterocycles. The van der Waals surface area contributed by atoms with E-state index in [9.17, 15) is 0 Å². The minimum atomic E-state index is 0.442. The fraction of sp³-hybridized carbons (Fsp3) is 0.500. The van der Waals surface area contributed by atoms with Gasteiger partial charge in [-0.25, -0.2) is 0 Å². The zero-order valence-electron chi connectivity index (χ0n) is 9.06. The summed E-state index contributed by atoms with van der Waals surface area (Å²) >= 11 is 11.9. The Morgan fingerprint density at radius 1 is 1.33 bits per heavy atom. The van der Waals surface area contributed by atoms with Crippen LogP contribution in [0.3, 0.4) is 0 Å². The first-order valence-electron chi connectivity index (χ1n) is 5.11. The molecule has 1 nitrogen and oxygen atoms in total. The van der Waals surface area contributed by atoms with Crippen LogP contribution >= 0.6 is 23.2 Å². The van der Waals surface area contributed by atoms with Crippen molar-refractivity contribution in [2.75, 3.05) is 18.0 Å². The van der Waals surface area contributed by atoms with Gasteiger partial charge in [0.25, 0.3) is 0 Å². The number of benzene rings is 1. The quantitative estimate of drug-likeness (QED) is 0.712. The van der Waals surface area contributed by atoms with Crippen molar-refractivity contribution in [3.8, 4) is 0 Å². The third-order valence-electron chi connectivity index (χ3n) is 2.78. The first-order chi connectivity index (χ1) is 7.02. The van der Waals surface area contributed by atoms with Gasteiger partial charge >= 0.3 is 0 Å². The number of alkyl halides is 1. The number of hydrogen-bond donors (Lipinski definition) is 0. The Balaban J connectivity index is 2.14. The Bertz CT molecular complexity index is 366. The molecule has 0 aliphatic carbocycles. The van der Waals surface area contributed by atoms with Gasteiger partial charge in [-0.3, -0.25) is 0 Å². The van der Waals surface area contributed by atoms with E-state index >= 15 is 0 Å². The summed E-state index contributed by atoms with van der Waals surface area (Å²) in [7, 11) is 0. The van der Waals surface area contributed by atoms with Gasteiger partial charge in [0.05, 0.1) is 0 Å². The van der Waals surface area contributed by atoms with Gasteiger partial charge in [-0.1, -0.05) is 31.5 Å². The van der Waals surface area contributed by atoms with Crippen LogP contribution in [0.25, 0.3) is 0 Å². The molecule has 0 radical (unpaired) electrons. The second-order valence-corrected chi connectivity index (χ2v) is 5.60. The number of rotatable bonds is 2. The Morgan fingerprint density at radius 2 is 2.00 bits per heavy atom. The van der Waals surface area contributed by atoms with Gasteiger partial charge in [0.1, 0.15) is 0 Å². The highest BCUT2D eigenvalue weighted by molar-refractivity contribution is 6.32. The number of nitrogens with zero attached hydrogens (tertiary/aromatic N) is 1. The highest BCUT2D eigenvalue weighted by atomic mass is 35.5. The van der Waals surface area contributed by atoms with Crippen molar-refractivity contribution >= 4 is 28.9 Å². The maximum absolute atomic E-state index is 6.11. The molecule has 0 amide bonds. The molecule has 2 rings (SSSR count). The molecule has 1 fully saturated rings. The van der Waals surface area contributed by atoms with Crippen LogP contribution in [0.2, 0.25) is 5.02 Å². The molecule has 1 aromatic carbocycles. The maximum atomic E-state index is 6.11. The fourth-order valence-corrected chi connectivity index (χ4v) is 2.55. The van der Waals surface area contributed by atoms with Crippen molar-refractivity contribution in [2.45, 2.75) is 19.7 Å². The summed E-state index contributed by atoms with van der Waals surface area (Å²) in [6.07, 6.45) is 0. The van der Waals surface area contributed by atoms with Crippen molar-refractivity contribution in [1.29, 1.82) is 0 Å². The molecule has 0 bridgehead atoms. The van der Waals surface area contributed by atoms with Gasteiger partial charge in [0.2, 0.25) is 0 Å². The van der Waals surface area contributed by atoms with Gasteiger partial charge < -0.3 is 4.90 Å². The minimum Gasteiger partial charge on any atom is -0.370 e. The van der Waals surface area contributed by atoms with Crippen LogP contribution in [-0.2, 0) is 5.88 Å². The number of hydrogen-bond acceptors (Lipinski definition) is 1. The zero-order valence-corrected chi connectivity index (χ0v) is 10.6. The number of halogens is 2. The van der Waals surface area contributed by atoms with Gasteiger partial charge in [-0.05, 0) is 23.1 Å². The van der Waals surface area contributed by atoms with Crippen LogP contribution in [-0.4, -0.2) is 13.1 Å². The number of anilines is 1. The SMILES string of the molecule is CC1(C)CN(c2ccc(CCl)c(Cl)c2)C1. The van der Waals surface area contributed by atoms with E-state index in [0.29, 0.717) is 11.3 Å². The summed E-state index contributed by atoms with van der Waals surface area (Å²) in [6.45, 7) is 6.75. The molecule has 0 saturated carbocycles. The Hall–Kier alpha value is -0.400. The zero-order chi connectivity index (χ0) is 11.1. The summed E-state index contributed by atoms with van der Waals surface area (Å²) < 4.78 is 0. The lowest BCUT2D eigenvalue weighted by molar-refractivity contribution is 0.276. The lowest BCUT2D eigenvalue weighted by Gasteiger charge is -2.47. The predicted molar refractivity (Wildman–Crippen MR) is 67.0 cm³/mol. The molecule has 82 valence electrons. The van der Waals surface area contributed by atoms with Crippen LogP contribution in [0, 0.1) is 5.41 Å². The van der Waals surface area contributed by atoms with Crippen LogP contribution in [0.4, 0.5) is 5.69 Å². The van der Waals surface area contributed by atoms with E-state index in [1.54, 1.807) is 0 Å². The van der Waals surface area contributed by atoms with Crippen molar-refractivity contribution < 1.29 is 0 Å². The van der Waals surface area contributed by atoms with E-state index < -0.39 is 0 Å². The van der Waals surface area contributed by atoms with Gasteiger partial charge in [-0.2, -0.15) is 0 Å². The van der Waals surface area contributed by atoms with Gasteiger partial charge in [0, 0.05) is 29.7 Å². The van der Waals surface area contributed by atoms with Crippen LogP contribution in [0.5, 0.6) is 0 Å². The molecule has 1 saturated heterocycles. The third kappa shape index (κ3) is 2.24. The van der Waals surface area contributed by atoms with Gasteiger partial charge in [0.15, 0.2) is 0 Å². The average molecular weight is 244 g/mol. The lowest BCUT2D eigenvalue weighted by atomic mass is 9.84. The van der Waals surface area contributed by atoms with Crippen molar-refractivity contribution in [2.24, 2.45) is 5.41 Å². The minimum absolute atomic E-state index is 0.442. The van der Waals surface area contributed by atoms with E-state index in [1.165, 1.54) is 5.69 Å². The predicted octanol–water partition coefficient (Wildman–Crippen LogP) is 3.93. The largest absolute Gasteiger partial charge is 0.370 e. The normalized spacial score (nSPS) is 18.8. The van der Waals surface area contributed by atoms with E-state index in [4.69, 9.17) is 23.2 Å². The van der Waals surface area contributed by atoms with Crippen LogP contribution in [0.1, 0.15) is 19.4 Å². The molecule has 1 aliphatic rings. The summed E-state index contributed by atoms with van der Waals surface area (Å²) in [6, 6.07) is 6.11. The smallest absolute Gasteiger partial charge is 0.0488 e. The third-order valence-corrected chi connectivity index (χ3v) is 3.42. The summed E-state index contributed by atoms with van der Waals surface area (Å²) in [4.78, 5) is 2.34. The Morgan fingerprint density at radius 3 is 2.47 bits per heavy atom. The molecule has 1 aliphatic heterocycles. The molecule has 0 aromatic heterocycles. The average Bonchev–Trinajstić information content (AvgIpc) is 2.14. The van der Waals surface area contributed by atoms with E-state index in [1.807, 2.05) is 12.1 Å². The van der Waals surface area contributed by atoms with Crippen LogP contribution in [0.15, 0.2) is 18.2 Å². The first kappa shape index (κ1) is 11.1. The molecular formula is C12H15Cl2N. The molecule has 1 aromatic rings. The topological polar surface area (TPSA) is 3.24 Å². The standard InChI is InChI=1S/C12H15Cl2N/c1-12(2)7-15(8-12)10-4-3-9(6-13)11(14)5-10/h3-5H,6-8H2,1-2H3. The Kier molecular flexibility index (Phi) is 2.87. The van der Waals surface area contributed by atoms with E-state index in [-0.39, 0.29) is 0 Å². The summed E-state index contributed by atoms with van der Waals surface area (Å²) in [5.41, 5.74) is 2.65. The second-order valence-electron chi connectivity index (χ2n) is 4.93. The highest BCUT2D eigenvalue weighted by Crippen LogP contribution is 2.35. The van der Waals surface area contributed by atoms with Crippen LogP contribution < -0.4 is 4.90 Å². The molecule has 0 N–H and O–H groups in total. The van der Waals surface area contributed by atoms with E-state index in [2.05, 4.69) is 24.8 Å².